The monoisotopic (exact) mass is 418 g/mol. The largest absolute Gasteiger partial charge is 0.507 e. The van der Waals surface area contributed by atoms with Gasteiger partial charge in [-0.3, -0.25) is 0 Å². The van der Waals surface area contributed by atoms with E-state index in [1.54, 1.807) is 0 Å². The summed E-state index contributed by atoms with van der Waals surface area (Å²) < 4.78 is 6.40. The van der Waals surface area contributed by atoms with Crippen LogP contribution in [0, 0.1) is 12.8 Å². The van der Waals surface area contributed by atoms with Crippen LogP contribution in [0.4, 0.5) is 0 Å². The van der Waals surface area contributed by atoms with Crippen LogP contribution in [0.5, 0.6) is 11.5 Å². The number of para-hydroxylation sites is 1. The molecule has 5 rings (SSSR count). The number of phenols is 1. The first kappa shape index (κ1) is 20.6. The molecule has 0 bridgehead atoms. The molecule has 0 spiro atoms. The van der Waals surface area contributed by atoms with Gasteiger partial charge in [-0.1, -0.05) is 37.3 Å². The van der Waals surface area contributed by atoms with Crippen molar-refractivity contribution < 1.29 is 9.84 Å². The quantitative estimate of drug-likeness (QED) is 0.569. The molecule has 0 radical (unpaired) electrons. The summed E-state index contributed by atoms with van der Waals surface area (Å²) in [4.78, 5) is 0. The number of nitrogens with one attached hydrogen (secondary N) is 2. The summed E-state index contributed by atoms with van der Waals surface area (Å²) in [6.45, 7) is 7.08. The molecule has 164 valence electrons. The summed E-state index contributed by atoms with van der Waals surface area (Å²) in [6.07, 6.45) is 6.27. The third kappa shape index (κ3) is 3.99. The molecule has 3 N–H and O–H groups in total. The van der Waals surface area contributed by atoms with E-state index in [-0.39, 0.29) is 5.54 Å². The molecule has 0 saturated heterocycles. The van der Waals surface area contributed by atoms with Crippen molar-refractivity contribution in [3.8, 4) is 11.5 Å². The van der Waals surface area contributed by atoms with Gasteiger partial charge in [0.1, 0.15) is 17.3 Å². The van der Waals surface area contributed by atoms with Gasteiger partial charge in [0, 0.05) is 24.9 Å². The molecule has 2 aromatic rings. The third-order valence-electron chi connectivity index (χ3n) is 7.36. The van der Waals surface area contributed by atoms with E-state index in [1.807, 2.05) is 13.0 Å². The average molecular weight is 419 g/mol. The van der Waals surface area contributed by atoms with Crippen molar-refractivity contribution in [2.75, 3.05) is 19.6 Å². The van der Waals surface area contributed by atoms with E-state index < -0.39 is 0 Å². The lowest BCUT2D eigenvalue weighted by molar-refractivity contribution is 0.237. The Morgan fingerprint density at radius 1 is 1.19 bits per heavy atom. The number of phenolic OH excluding ortho intramolecular Hbond substituents is 1. The third-order valence-corrected chi connectivity index (χ3v) is 7.36. The molecular formula is C27H34N2O2. The van der Waals surface area contributed by atoms with Crippen molar-refractivity contribution in [2.45, 2.75) is 57.9 Å². The van der Waals surface area contributed by atoms with E-state index in [1.165, 1.54) is 29.5 Å². The van der Waals surface area contributed by atoms with Crippen molar-refractivity contribution >= 4 is 0 Å². The predicted octanol–water partition coefficient (Wildman–Crippen LogP) is 4.73. The van der Waals surface area contributed by atoms with Crippen LogP contribution >= 0.6 is 0 Å². The van der Waals surface area contributed by atoms with E-state index in [0.717, 1.165) is 73.9 Å². The van der Waals surface area contributed by atoms with E-state index in [9.17, 15) is 5.11 Å². The summed E-state index contributed by atoms with van der Waals surface area (Å²) in [5.74, 6) is 3.38. The van der Waals surface area contributed by atoms with Crippen LogP contribution in [0.15, 0.2) is 47.7 Å². The van der Waals surface area contributed by atoms with E-state index >= 15 is 0 Å². The molecule has 1 fully saturated rings. The minimum absolute atomic E-state index is 0.312. The molecule has 1 aliphatic carbocycles. The summed E-state index contributed by atoms with van der Waals surface area (Å²) >= 11 is 0. The SMILES string of the molecule is CCC1(c2c(CCNCC3CC3)ccc(C)c2O)CC2=C(CN1)Cc1ccccc1O2. The zero-order valence-electron chi connectivity index (χ0n) is 18.8. The Hall–Kier alpha value is -2.30. The molecule has 31 heavy (non-hydrogen) atoms. The normalized spacial score (nSPS) is 22.6. The van der Waals surface area contributed by atoms with E-state index in [4.69, 9.17) is 4.74 Å². The fourth-order valence-electron chi connectivity index (χ4n) is 5.15. The summed E-state index contributed by atoms with van der Waals surface area (Å²) in [6, 6.07) is 12.6. The van der Waals surface area contributed by atoms with Gasteiger partial charge in [-0.25, -0.2) is 0 Å². The van der Waals surface area contributed by atoms with Crippen LogP contribution in [-0.2, 0) is 18.4 Å². The molecule has 0 amide bonds. The maximum Gasteiger partial charge on any atom is 0.130 e. The molecule has 4 heteroatoms. The van der Waals surface area contributed by atoms with Crippen LogP contribution in [0.3, 0.4) is 0 Å². The second-order valence-electron chi connectivity index (χ2n) is 9.54. The van der Waals surface area contributed by atoms with Gasteiger partial charge in [-0.15, -0.1) is 0 Å². The Bertz CT molecular complexity index is 1010. The first-order valence-corrected chi connectivity index (χ1v) is 11.8. The summed E-state index contributed by atoms with van der Waals surface area (Å²) in [5, 5.41) is 18.7. The molecule has 2 heterocycles. The predicted molar refractivity (Wildman–Crippen MR) is 125 cm³/mol. The maximum atomic E-state index is 11.2. The lowest BCUT2D eigenvalue weighted by Gasteiger charge is -2.43. The molecule has 4 nitrogen and oxygen atoms in total. The van der Waals surface area contributed by atoms with Crippen molar-refractivity contribution in [3.63, 3.8) is 0 Å². The van der Waals surface area contributed by atoms with Gasteiger partial charge >= 0.3 is 0 Å². The highest BCUT2D eigenvalue weighted by Gasteiger charge is 2.41. The Morgan fingerprint density at radius 2 is 2.03 bits per heavy atom. The van der Waals surface area contributed by atoms with Gasteiger partial charge in [-0.05, 0) is 79.9 Å². The number of benzene rings is 2. The van der Waals surface area contributed by atoms with Crippen molar-refractivity contribution in [2.24, 2.45) is 5.92 Å². The number of hydrogen-bond acceptors (Lipinski definition) is 4. The van der Waals surface area contributed by atoms with Crippen molar-refractivity contribution in [3.05, 3.63) is 70.0 Å². The zero-order valence-corrected chi connectivity index (χ0v) is 18.8. The topological polar surface area (TPSA) is 53.5 Å². The van der Waals surface area contributed by atoms with Crippen LogP contribution in [0.25, 0.3) is 0 Å². The zero-order chi connectivity index (χ0) is 21.4. The van der Waals surface area contributed by atoms with Crippen LogP contribution in [0.1, 0.15) is 54.9 Å². The van der Waals surface area contributed by atoms with Gasteiger partial charge in [0.15, 0.2) is 0 Å². The second-order valence-corrected chi connectivity index (χ2v) is 9.54. The van der Waals surface area contributed by atoms with Gasteiger partial charge in [-0.2, -0.15) is 0 Å². The standard InChI is InChI=1S/C27H34N2O2/c1-3-27(15-24-22(17-29-27)14-21-6-4-5-7-23(21)31-24)25-20(11-8-18(2)26(25)30)12-13-28-16-19-9-10-19/h4-8,11,19,28-30H,3,9-10,12-17H2,1-2H3. The highest BCUT2D eigenvalue weighted by Crippen LogP contribution is 2.45. The Kier molecular flexibility index (Phi) is 5.53. The number of aryl methyl sites for hydroxylation is 1. The van der Waals surface area contributed by atoms with Crippen LogP contribution in [0.2, 0.25) is 0 Å². The van der Waals surface area contributed by atoms with E-state index in [2.05, 4.69) is 47.9 Å². The number of ether oxygens (including phenoxy) is 1. The smallest absolute Gasteiger partial charge is 0.130 e. The number of hydrogen-bond donors (Lipinski definition) is 3. The highest BCUT2D eigenvalue weighted by molar-refractivity contribution is 5.52. The molecule has 3 aliphatic rings. The molecule has 1 atom stereocenters. The minimum Gasteiger partial charge on any atom is -0.507 e. The first-order valence-electron chi connectivity index (χ1n) is 11.8. The molecular weight excluding hydrogens is 384 g/mol. The van der Waals surface area contributed by atoms with Gasteiger partial charge in [0.25, 0.3) is 0 Å². The molecule has 0 aromatic heterocycles. The van der Waals surface area contributed by atoms with Gasteiger partial charge < -0.3 is 20.5 Å². The van der Waals surface area contributed by atoms with E-state index in [0.29, 0.717) is 5.75 Å². The lowest BCUT2D eigenvalue weighted by atomic mass is 9.75. The fraction of sp³-hybridized carbons (Fsp3) is 0.481. The molecule has 2 aromatic carbocycles. The number of rotatable bonds is 7. The Balaban J connectivity index is 1.43. The Labute approximate surface area is 185 Å². The van der Waals surface area contributed by atoms with Crippen LogP contribution in [-0.4, -0.2) is 24.7 Å². The number of aromatic hydroxyl groups is 1. The summed E-state index contributed by atoms with van der Waals surface area (Å²) in [5.41, 5.74) is 5.52. The maximum absolute atomic E-state index is 11.2. The molecule has 1 saturated carbocycles. The fourth-order valence-corrected chi connectivity index (χ4v) is 5.15. The minimum atomic E-state index is -0.312. The summed E-state index contributed by atoms with van der Waals surface area (Å²) in [7, 11) is 0. The van der Waals surface area contributed by atoms with Gasteiger partial charge in [0.2, 0.25) is 0 Å². The Morgan fingerprint density at radius 3 is 2.84 bits per heavy atom. The highest BCUT2D eigenvalue weighted by atomic mass is 16.5. The van der Waals surface area contributed by atoms with Gasteiger partial charge in [0.05, 0.1) is 5.54 Å². The van der Waals surface area contributed by atoms with Crippen molar-refractivity contribution in [1.29, 1.82) is 0 Å². The number of fused-ring (bicyclic) bond motifs is 1. The lowest BCUT2D eigenvalue weighted by Crippen LogP contribution is -2.48. The molecule has 2 aliphatic heterocycles. The van der Waals surface area contributed by atoms with Crippen LogP contribution < -0.4 is 15.4 Å². The second kappa shape index (κ2) is 8.33. The molecule has 1 unspecified atom stereocenters. The average Bonchev–Trinajstić information content (AvgIpc) is 3.62. The first-order chi connectivity index (χ1) is 15.1. The van der Waals surface area contributed by atoms with Crippen molar-refractivity contribution in [1.82, 2.24) is 10.6 Å².